The molecule has 0 spiro atoms. The van der Waals surface area contributed by atoms with Crippen LogP contribution in [0, 0.1) is 17.0 Å². The molecule has 3 aromatic rings. The van der Waals surface area contributed by atoms with Crippen LogP contribution in [-0.4, -0.2) is 28.4 Å². The van der Waals surface area contributed by atoms with Crippen LogP contribution in [0.25, 0.3) is 11.5 Å². The van der Waals surface area contributed by atoms with Crippen molar-refractivity contribution in [1.29, 1.82) is 0 Å². The number of hydrogen-bond donors (Lipinski definition) is 1. The molecule has 0 aliphatic heterocycles. The molecule has 0 saturated carbocycles. The maximum absolute atomic E-state index is 12.2. The summed E-state index contributed by atoms with van der Waals surface area (Å²) in [6.07, 6.45) is 0. The first-order valence-corrected chi connectivity index (χ1v) is 8.18. The number of non-ortho nitro benzene ring substituents is 1. The minimum atomic E-state index is -0.808. The van der Waals surface area contributed by atoms with Gasteiger partial charge in [0.15, 0.2) is 12.3 Å². The number of nitro groups is 1. The van der Waals surface area contributed by atoms with E-state index in [-0.39, 0.29) is 28.7 Å². The fraction of sp³-hybridized carbons (Fsp3) is 0.105. The Kier molecular flexibility index (Phi) is 5.45. The van der Waals surface area contributed by atoms with Crippen molar-refractivity contribution in [3.05, 3.63) is 76.2 Å². The van der Waals surface area contributed by atoms with Crippen molar-refractivity contribution in [1.82, 2.24) is 4.98 Å². The van der Waals surface area contributed by atoms with E-state index in [1.807, 2.05) is 18.2 Å². The van der Waals surface area contributed by atoms with E-state index in [0.717, 1.165) is 0 Å². The summed E-state index contributed by atoms with van der Waals surface area (Å²) in [6.45, 7) is 0.994. The zero-order chi connectivity index (χ0) is 20.1. The third kappa shape index (κ3) is 4.39. The summed E-state index contributed by atoms with van der Waals surface area (Å²) in [5, 5.41) is 13.2. The number of carbonyl (C=O) groups is 2. The van der Waals surface area contributed by atoms with E-state index in [1.165, 1.54) is 24.3 Å². The van der Waals surface area contributed by atoms with Crippen molar-refractivity contribution in [3.63, 3.8) is 0 Å². The highest BCUT2D eigenvalue weighted by Gasteiger charge is 2.20. The number of esters is 1. The highest BCUT2D eigenvalue weighted by atomic mass is 16.6. The molecule has 1 heterocycles. The van der Waals surface area contributed by atoms with Crippen LogP contribution in [0.5, 0.6) is 0 Å². The lowest BCUT2D eigenvalue weighted by atomic mass is 10.2. The first kappa shape index (κ1) is 18.8. The predicted octanol–water partition coefficient (Wildman–Crippen LogP) is 3.35. The van der Waals surface area contributed by atoms with Crippen LogP contribution in [0.4, 0.5) is 11.4 Å². The van der Waals surface area contributed by atoms with E-state index in [4.69, 9.17) is 9.15 Å². The molecule has 0 fully saturated rings. The second kappa shape index (κ2) is 8.12. The van der Waals surface area contributed by atoms with Gasteiger partial charge in [0.25, 0.3) is 11.6 Å². The van der Waals surface area contributed by atoms with Crippen LogP contribution < -0.4 is 5.32 Å². The number of benzene rings is 2. The number of aryl methyl sites for hydroxylation is 1. The lowest BCUT2D eigenvalue weighted by Gasteiger charge is -2.05. The van der Waals surface area contributed by atoms with Gasteiger partial charge in [-0.3, -0.25) is 14.9 Å². The Morgan fingerprint density at radius 2 is 1.93 bits per heavy atom. The monoisotopic (exact) mass is 381 g/mol. The zero-order valence-corrected chi connectivity index (χ0v) is 14.7. The molecular weight excluding hydrogens is 366 g/mol. The molecule has 0 saturated heterocycles. The van der Waals surface area contributed by atoms with Crippen molar-refractivity contribution < 1.29 is 23.7 Å². The zero-order valence-electron chi connectivity index (χ0n) is 14.7. The van der Waals surface area contributed by atoms with E-state index >= 15 is 0 Å². The van der Waals surface area contributed by atoms with Crippen LogP contribution in [0.15, 0.2) is 59.0 Å². The fourth-order valence-corrected chi connectivity index (χ4v) is 2.38. The van der Waals surface area contributed by atoms with E-state index in [1.54, 1.807) is 19.1 Å². The maximum atomic E-state index is 12.2. The highest BCUT2D eigenvalue weighted by molar-refractivity contribution is 5.95. The second-order valence-corrected chi connectivity index (χ2v) is 5.72. The molecule has 2 aromatic carbocycles. The van der Waals surface area contributed by atoms with Gasteiger partial charge in [0, 0.05) is 23.4 Å². The molecule has 1 aromatic heterocycles. The number of aromatic nitrogens is 1. The Hall–Kier alpha value is -4.01. The van der Waals surface area contributed by atoms with Crippen molar-refractivity contribution in [3.8, 4) is 11.5 Å². The minimum Gasteiger partial charge on any atom is -0.451 e. The standard InChI is InChI=1S/C19H15N3O6/c1-12-17(21-18(28-12)13-6-3-2-4-7-13)19(24)27-11-16(23)20-14-8-5-9-15(10-14)22(25)26/h2-10H,11H2,1H3,(H,20,23). The Labute approximate surface area is 159 Å². The molecule has 0 aliphatic carbocycles. The van der Waals surface area contributed by atoms with Crippen LogP contribution in [-0.2, 0) is 9.53 Å². The number of nitrogens with one attached hydrogen (secondary N) is 1. The van der Waals surface area contributed by atoms with Crippen molar-refractivity contribution >= 4 is 23.3 Å². The molecular formula is C19H15N3O6. The number of ether oxygens (including phenoxy) is 1. The van der Waals surface area contributed by atoms with Crippen molar-refractivity contribution in [2.75, 3.05) is 11.9 Å². The fourth-order valence-electron chi connectivity index (χ4n) is 2.38. The average Bonchev–Trinajstić information content (AvgIpc) is 3.09. The van der Waals surface area contributed by atoms with Gasteiger partial charge in [0.2, 0.25) is 5.89 Å². The van der Waals surface area contributed by atoms with Gasteiger partial charge in [-0.2, -0.15) is 0 Å². The molecule has 0 radical (unpaired) electrons. The minimum absolute atomic E-state index is 0.0259. The molecule has 28 heavy (non-hydrogen) atoms. The third-order valence-corrected chi connectivity index (χ3v) is 3.69. The SMILES string of the molecule is Cc1oc(-c2ccccc2)nc1C(=O)OCC(=O)Nc1cccc([N+](=O)[O-])c1. The summed E-state index contributed by atoms with van der Waals surface area (Å²) in [7, 11) is 0. The number of rotatable bonds is 6. The quantitative estimate of drug-likeness (QED) is 0.394. The van der Waals surface area contributed by atoms with Gasteiger partial charge in [0.05, 0.1) is 4.92 Å². The Morgan fingerprint density at radius 3 is 2.64 bits per heavy atom. The second-order valence-electron chi connectivity index (χ2n) is 5.72. The average molecular weight is 381 g/mol. The number of amides is 1. The molecule has 0 atom stereocenters. The molecule has 0 unspecified atom stereocenters. The highest BCUT2D eigenvalue weighted by Crippen LogP contribution is 2.22. The number of carbonyl (C=O) groups excluding carboxylic acids is 2. The summed E-state index contributed by atoms with van der Waals surface area (Å²) in [5.41, 5.74) is 0.732. The molecule has 1 amide bonds. The van der Waals surface area contributed by atoms with Crippen molar-refractivity contribution in [2.45, 2.75) is 6.92 Å². The van der Waals surface area contributed by atoms with Crippen LogP contribution in [0.2, 0.25) is 0 Å². The summed E-state index contributed by atoms with van der Waals surface area (Å²) >= 11 is 0. The van der Waals surface area contributed by atoms with Gasteiger partial charge in [-0.25, -0.2) is 9.78 Å². The summed E-state index contributed by atoms with van der Waals surface area (Å²) < 4.78 is 10.4. The topological polar surface area (TPSA) is 125 Å². The first-order chi connectivity index (χ1) is 13.4. The number of hydrogen-bond acceptors (Lipinski definition) is 7. The lowest BCUT2D eigenvalue weighted by molar-refractivity contribution is -0.384. The molecule has 1 N–H and O–H groups in total. The largest absolute Gasteiger partial charge is 0.451 e. The number of oxazole rings is 1. The summed E-state index contributed by atoms with van der Waals surface area (Å²) in [4.78, 5) is 38.4. The van der Waals surface area contributed by atoms with E-state index in [0.29, 0.717) is 5.56 Å². The van der Waals surface area contributed by atoms with Gasteiger partial charge in [-0.15, -0.1) is 0 Å². The number of anilines is 1. The van der Waals surface area contributed by atoms with Gasteiger partial charge in [-0.05, 0) is 25.1 Å². The third-order valence-electron chi connectivity index (χ3n) is 3.69. The molecule has 9 nitrogen and oxygen atoms in total. The van der Waals surface area contributed by atoms with Gasteiger partial charge < -0.3 is 14.5 Å². The number of nitrogens with zero attached hydrogens (tertiary/aromatic N) is 2. The Balaban J connectivity index is 1.61. The summed E-state index contributed by atoms with van der Waals surface area (Å²) in [5.74, 6) is -0.912. The van der Waals surface area contributed by atoms with Crippen LogP contribution in [0.1, 0.15) is 16.2 Å². The lowest BCUT2D eigenvalue weighted by Crippen LogP contribution is -2.21. The van der Waals surface area contributed by atoms with Gasteiger partial charge in [-0.1, -0.05) is 24.3 Å². The Morgan fingerprint density at radius 1 is 1.18 bits per heavy atom. The van der Waals surface area contributed by atoms with E-state index < -0.39 is 23.4 Å². The molecule has 0 aliphatic rings. The van der Waals surface area contributed by atoms with E-state index in [2.05, 4.69) is 10.3 Å². The van der Waals surface area contributed by atoms with E-state index in [9.17, 15) is 19.7 Å². The molecule has 0 bridgehead atoms. The molecule has 3 rings (SSSR count). The smallest absolute Gasteiger partial charge is 0.361 e. The van der Waals surface area contributed by atoms with Crippen molar-refractivity contribution in [2.24, 2.45) is 0 Å². The predicted molar refractivity (Wildman–Crippen MR) is 98.7 cm³/mol. The normalized spacial score (nSPS) is 10.3. The number of nitro benzene ring substituents is 1. The summed E-state index contributed by atoms with van der Waals surface area (Å²) in [6, 6.07) is 14.5. The Bertz CT molecular complexity index is 1030. The van der Waals surface area contributed by atoms with Gasteiger partial charge in [0.1, 0.15) is 5.76 Å². The van der Waals surface area contributed by atoms with Crippen LogP contribution >= 0.6 is 0 Å². The maximum Gasteiger partial charge on any atom is 0.361 e. The van der Waals surface area contributed by atoms with Crippen LogP contribution in [0.3, 0.4) is 0 Å². The van der Waals surface area contributed by atoms with Gasteiger partial charge >= 0.3 is 5.97 Å². The molecule has 9 heteroatoms. The molecule has 142 valence electrons. The first-order valence-electron chi connectivity index (χ1n) is 8.18.